The summed E-state index contributed by atoms with van der Waals surface area (Å²) >= 11 is 2.73. The molecule has 1 fully saturated rings. The third-order valence-corrected chi connectivity index (χ3v) is 4.91. The van der Waals surface area contributed by atoms with E-state index in [0.29, 0.717) is 6.04 Å². The van der Waals surface area contributed by atoms with Crippen LogP contribution >= 0.6 is 23.1 Å². The normalized spacial score (nSPS) is 15.6. The lowest BCUT2D eigenvalue weighted by atomic mass is 9.96. The van der Waals surface area contributed by atoms with Crippen molar-refractivity contribution < 1.29 is 9.53 Å². The maximum absolute atomic E-state index is 11.2. The molecule has 6 nitrogen and oxygen atoms in total. The molecule has 2 rings (SSSR count). The Labute approximate surface area is 125 Å². The van der Waals surface area contributed by atoms with Gasteiger partial charge in [-0.2, -0.15) is 5.26 Å². The lowest BCUT2D eigenvalue weighted by molar-refractivity contribution is -0.139. The molecule has 1 aromatic heterocycles. The van der Waals surface area contributed by atoms with Gasteiger partial charge in [-0.15, -0.1) is 10.2 Å². The van der Waals surface area contributed by atoms with E-state index >= 15 is 0 Å². The minimum atomic E-state index is -0.409. The summed E-state index contributed by atoms with van der Waals surface area (Å²) in [5.74, 6) is -0.256. The van der Waals surface area contributed by atoms with Crippen molar-refractivity contribution >= 4 is 34.2 Å². The van der Waals surface area contributed by atoms with Crippen LogP contribution in [0.5, 0.6) is 0 Å². The van der Waals surface area contributed by atoms with Gasteiger partial charge < -0.3 is 10.1 Å². The van der Waals surface area contributed by atoms with E-state index in [1.165, 1.54) is 55.2 Å². The first-order chi connectivity index (χ1) is 9.78. The zero-order chi connectivity index (χ0) is 14.2. The Balaban J connectivity index is 1.74. The SMILES string of the molecule is N#CCOC(=O)CSc1nnc(NC2CCCCC2)s1. The van der Waals surface area contributed by atoms with Gasteiger partial charge in [0.25, 0.3) is 0 Å². The Kier molecular flexibility index (Phi) is 6.08. The summed E-state index contributed by atoms with van der Waals surface area (Å²) < 4.78 is 5.39. The molecule has 1 aliphatic carbocycles. The number of ether oxygens (including phenoxy) is 1. The van der Waals surface area contributed by atoms with Gasteiger partial charge in [0.15, 0.2) is 10.9 Å². The number of carbonyl (C=O) groups is 1. The lowest BCUT2D eigenvalue weighted by Gasteiger charge is -2.21. The van der Waals surface area contributed by atoms with E-state index in [-0.39, 0.29) is 12.4 Å². The van der Waals surface area contributed by atoms with Crippen LogP contribution in [0.4, 0.5) is 5.13 Å². The quantitative estimate of drug-likeness (QED) is 0.637. The van der Waals surface area contributed by atoms with Crippen molar-refractivity contribution in [2.24, 2.45) is 0 Å². The standard InChI is InChI=1S/C12H16N4O2S2/c13-6-7-18-10(17)8-19-12-16-15-11(20-12)14-9-4-2-1-3-5-9/h9H,1-5,7-8H2,(H,14,15). The summed E-state index contributed by atoms with van der Waals surface area (Å²) in [5.41, 5.74) is 0. The Morgan fingerprint density at radius 2 is 2.25 bits per heavy atom. The van der Waals surface area contributed by atoms with E-state index in [1.54, 1.807) is 6.07 Å². The van der Waals surface area contributed by atoms with Gasteiger partial charge in [-0.25, -0.2) is 0 Å². The monoisotopic (exact) mass is 312 g/mol. The van der Waals surface area contributed by atoms with Crippen molar-refractivity contribution in [3.8, 4) is 6.07 Å². The van der Waals surface area contributed by atoms with E-state index in [9.17, 15) is 4.79 Å². The molecule has 0 aromatic carbocycles. The average molecular weight is 312 g/mol. The topological polar surface area (TPSA) is 87.9 Å². The van der Waals surface area contributed by atoms with Gasteiger partial charge in [-0.3, -0.25) is 4.79 Å². The number of nitrogens with one attached hydrogen (secondary N) is 1. The van der Waals surface area contributed by atoms with E-state index in [4.69, 9.17) is 5.26 Å². The largest absolute Gasteiger partial charge is 0.450 e. The van der Waals surface area contributed by atoms with E-state index in [2.05, 4.69) is 20.3 Å². The van der Waals surface area contributed by atoms with Gasteiger partial charge >= 0.3 is 5.97 Å². The molecule has 0 bridgehead atoms. The van der Waals surface area contributed by atoms with Crippen LogP contribution in [0, 0.1) is 11.3 Å². The third kappa shape index (κ3) is 4.98. The second-order valence-electron chi connectivity index (χ2n) is 4.46. The molecule has 1 saturated carbocycles. The molecule has 0 spiro atoms. The molecule has 0 radical (unpaired) electrons. The zero-order valence-corrected chi connectivity index (χ0v) is 12.6. The van der Waals surface area contributed by atoms with Gasteiger partial charge in [0.2, 0.25) is 5.13 Å². The highest BCUT2D eigenvalue weighted by Gasteiger charge is 2.15. The molecule has 20 heavy (non-hydrogen) atoms. The summed E-state index contributed by atoms with van der Waals surface area (Å²) in [7, 11) is 0. The van der Waals surface area contributed by atoms with E-state index in [1.807, 2.05) is 0 Å². The fraction of sp³-hybridized carbons (Fsp3) is 0.667. The number of anilines is 1. The molecule has 1 aromatic rings. The maximum atomic E-state index is 11.2. The number of nitrogens with zero attached hydrogens (tertiary/aromatic N) is 3. The number of thioether (sulfide) groups is 1. The molecule has 1 heterocycles. The molecule has 0 aliphatic heterocycles. The van der Waals surface area contributed by atoms with Crippen LogP contribution in [0.15, 0.2) is 4.34 Å². The molecule has 0 amide bonds. The van der Waals surface area contributed by atoms with Gasteiger partial charge in [0, 0.05) is 6.04 Å². The lowest BCUT2D eigenvalue weighted by Crippen LogP contribution is -2.21. The zero-order valence-electron chi connectivity index (χ0n) is 11.0. The van der Waals surface area contributed by atoms with Crippen molar-refractivity contribution in [2.75, 3.05) is 17.7 Å². The summed E-state index contributed by atoms with van der Waals surface area (Å²) in [6.07, 6.45) is 6.22. The Morgan fingerprint density at radius 1 is 1.45 bits per heavy atom. The van der Waals surface area contributed by atoms with Crippen molar-refractivity contribution in [2.45, 2.75) is 42.5 Å². The first-order valence-corrected chi connectivity index (χ1v) is 8.33. The number of hydrogen-bond donors (Lipinski definition) is 1. The predicted octanol–water partition coefficient (Wildman–Crippen LogP) is 2.44. The Hall–Kier alpha value is -1.33. The fourth-order valence-corrected chi connectivity index (χ4v) is 3.65. The van der Waals surface area contributed by atoms with Crippen LogP contribution in [0.2, 0.25) is 0 Å². The average Bonchev–Trinajstić information content (AvgIpc) is 2.91. The number of aromatic nitrogens is 2. The van der Waals surface area contributed by atoms with Crippen LogP contribution in [0.25, 0.3) is 0 Å². The van der Waals surface area contributed by atoms with E-state index in [0.717, 1.165) is 9.47 Å². The van der Waals surface area contributed by atoms with Crippen molar-refractivity contribution in [1.82, 2.24) is 10.2 Å². The number of rotatable bonds is 6. The number of nitriles is 1. The molecule has 1 N–H and O–H groups in total. The highest BCUT2D eigenvalue weighted by atomic mass is 32.2. The summed E-state index contributed by atoms with van der Waals surface area (Å²) in [4.78, 5) is 11.2. The first kappa shape index (κ1) is 15.1. The first-order valence-electron chi connectivity index (χ1n) is 6.53. The van der Waals surface area contributed by atoms with Crippen molar-refractivity contribution in [3.05, 3.63) is 0 Å². The summed E-state index contributed by atoms with van der Waals surface area (Å²) in [5, 5.41) is 20.6. The summed E-state index contributed by atoms with van der Waals surface area (Å²) in [6.45, 7) is -0.204. The minimum absolute atomic E-state index is 0.153. The Bertz CT molecular complexity index is 480. The molecule has 0 unspecified atom stereocenters. The molecular formula is C12H16N4O2S2. The number of esters is 1. The van der Waals surface area contributed by atoms with Gasteiger partial charge in [0.1, 0.15) is 6.07 Å². The van der Waals surface area contributed by atoms with Crippen molar-refractivity contribution in [3.63, 3.8) is 0 Å². The third-order valence-electron chi connectivity index (χ3n) is 2.95. The number of hydrogen-bond acceptors (Lipinski definition) is 8. The predicted molar refractivity (Wildman–Crippen MR) is 77.7 cm³/mol. The Morgan fingerprint density at radius 3 is 3.00 bits per heavy atom. The highest BCUT2D eigenvalue weighted by molar-refractivity contribution is 8.01. The maximum Gasteiger partial charge on any atom is 0.317 e. The molecule has 0 atom stereocenters. The van der Waals surface area contributed by atoms with Crippen LogP contribution in [-0.4, -0.2) is 34.6 Å². The van der Waals surface area contributed by atoms with Gasteiger partial charge in [-0.05, 0) is 12.8 Å². The smallest absolute Gasteiger partial charge is 0.317 e. The van der Waals surface area contributed by atoms with Crippen LogP contribution in [-0.2, 0) is 9.53 Å². The molecule has 108 valence electrons. The van der Waals surface area contributed by atoms with Gasteiger partial charge in [-0.1, -0.05) is 42.4 Å². The second kappa shape index (κ2) is 8.07. The van der Waals surface area contributed by atoms with Crippen LogP contribution in [0.3, 0.4) is 0 Å². The minimum Gasteiger partial charge on any atom is -0.450 e. The number of carbonyl (C=O) groups excluding carboxylic acids is 1. The molecule has 8 heteroatoms. The van der Waals surface area contributed by atoms with Crippen molar-refractivity contribution in [1.29, 1.82) is 5.26 Å². The molecule has 1 aliphatic rings. The highest BCUT2D eigenvalue weighted by Crippen LogP contribution is 2.28. The molecular weight excluding hydrogens is 296 g/mol. The van der Waals surface area contributed by atoms with E-state index < -0.39 is 5.97 Å². The van der Waals surface area contributed by atoms with Gasteiger partial charge in [0.05, 0.1) is 5.75 Å². The molecule has 0 saturated heterocycles. The second-order valence-corrected chi connectivity index (χ2v) is 6.66. The summed E-state index contributed by atoms with van der Waals surface area (Å²) in [6, 6.07) is 2.25. The fourth-order valence-electron chi connectivity index (χ4n) is 2.02. The van der Waals surface area contributed by atoms with Crippen LogP contribution in [0.1, 0.15) is 32.1 Å². The van der Waals surface area contributed by atoms with Crippen LogP contribution < -0.4 is 5.32 Å².